The molecule has 3 aliphatic heterocycles. The summed E-state index contributed by atoms with van der Waals surface area (Å²) in [6, 6.07) is 0. The largest absolute Gasteiger partial charge is 0.393 e. The Labute approximate surface area is 81.6 Å². The van der Waals surface area contributed by atoms with E-state index in [2.05, 4.69) is 4.74 Å². The predicted octanol–water partition coefficient (Wildman–Crippen LogP) is 0.644. The average Bonchev–Trinajstić information content (AvgIpc) is 2.60. The van der Waals surface area contributed by atoms with Crippen molar-refractivity contribution >= 4 is 11.9 Å². The van der Waals surface area contributed by atoms with E-state index < -0.39 is 23.1 Å². The molecule has 0 radical (unpaired) electrons. The molecule has 0 spiro atoms. The summed E-state index contributed by atoms with van der Waals surface area (Å²) < 4.78 is 10.5. The van der Waals surface area contributed by atoms with Crippen LogP contribution >= 0.6 is 0 Å². The Morgan fingerprint density at radius 1 is 1.07 bits per heavy atom. The Morgan fingerprint density at radius 3 is 1.93 bits per heavy atom. The van der Waals surface area contributed by atoms with E-state index in [9.17, 15) is 9.59 Å². The summed E-state index contributed by atoms with van der Waals surface area (Å²) in [6.45, 7) is 3.81. The van der Waals surface area contributed by atoms with Crippen molar-refractivity contribution in [3.63, 3.8) is 0 Å². The van der Waals surface area contributed by atoms with Crippen LogP contribution in [0.25, 0.3) is 0 Å². The summed E-state index contributed by atoms with van der Waals surface area (Å²) >= 11 is 0. The first-order chi connectivity index (χ1) is 6.46. The highest BCUT2D eigenvalue weighted by molar-refractivity contribution is 5.98. The fourth-order valence-corrected chi connectivity index (χ4v) is 3.27. The highest BCUT2D eigenvalue weighted by Crippen LogP contribution is 2.59. The van der Waals surface area contributed by atoms with E-state index in [4.69, 9.17) is 4.74 Å². The van der Waals surface area contributed by atoms with Crippen molar-refractivity contribution in [1.29, 1.82) is 0 Å². The molecule has 0 aliphatic carbocycles. The Morgan fingerprint density at radius 2 is 1.50 bits per heavy atom. The summed E-state index contributed by atoms with van der Waals surface area (Å²) in [6.07, 6.45) is 1.68. The first kappa shape index (κ1) is 8.41. The Hall–Kier alpha value is -0.900. The van der Waals surface area contributed by atoms with Crippen LogP contribution in [0.3, 0.4) is 0 Å². The van der Waals surface area contributed by atoms with Crippen LogP contribution < -0.4 is 0 Å². The second kappa shape index (κ2) is 2.03. The Kier molecular flexibility index (Phi) is 1.22. The van der Waals surface area contributed by atoms with Gasteiger partial charge in [0.2, 0.25) is 0 Å². The molecule has 14 heavy (non-hydrogen) atoms. The van der Waals surface area contributed by atoms with Gasteiger partial charge in [0.05, 0.1) is 11.2 Å². The summed E-state index contributed by atoms with van der Waals surface area (Å²) in [5, 5.41) is 0. The van der Waals surface area contributed by atoms with Crippen LogP contribution in [-0.2, 0) is 19.1 Å². The summed E-state index contributed by atoms with van der Waals surface area (Å²) in [4.78, 5) is 23.0. The molecule has 0 aromatic heterocycles. The lowest BCUT2D eigenvalue weighted by atomic mass is 9.69. The van der Waals surface area contributed by atoms with Gasteiger partial charge >= 0.3 is 11.9 Å². The molecule has 4 nitrogen and oxygen atoms in total. The summed E-state index contributed by atoms with van der Waals surface area (Å²) in [5.74, 6) is -1.53. The first-order valence-corrected chi connectivity index (χ1v) is 4.92. The fourth-order valence-electron chi connectivity index (χ4n) is 3.27. The standard InChI is InChI=1S/C10H12O4/c1-9-3-4-10(2,14-9)6-5(9)7(11)13-8(6)12/h5-6H,3-4H2,1-2H3/t5-,6-,9-,10+/m1/s1. The number of esters is 2. The third-order valence-electron chi connectivity index (χ3n) is 3.94. The maximum Gasteiger partial charge on any atom is 0.320 e. The van der Waals surface area contributed by atoms with Gasteiger partial charge in [0.15, 0.2) is 0 Å². The molecule has 0 aromatic carbocycles. The lowest BCUT2D eigenvalue weighted by Gasteiger charge is -2.25. The lowest BCUT2D eigenvalue weighted by molar-refractivity contribution is -0.161. The van der Waals surface area contributed by atoms with Gasteiger partial charge in [-0.25, -0.2) is 0 Å². The molecule has 76 valence electrons. The quantitative estimate of drug-likeness (QED) is 0.421. The van der Waals surface area contributed by atoms with Gasteiger partial charge in [-0.2, -0.15) is 0 Å². The highest BCUT2D eigenvalue weighted by atomic mass is 16.6. The first-order valence-electron chi connectivity index (χ1n) is 4.92. The summed E-state index contributed by atoms with van der Waals surface area (Å²) in [7, 11) is 0. The van der Waals surface area contributed by atoms with Gasteiger partial charge < -0.3 is 9.47 Å². The van der Waals surface area contributed by atoms with Crippen molar-refractivity contribution < 1.29 is 19.1 Å². The van der Waals surface area contributed by atoms with Crippen LogP contribution in [0.1, 0.15) is 26.7 Å². The molecular weight excluding hydrogens is 184 g/mol. The molecule has 3 rings (SSSR count). The van der Waals surface area contributed by atoms with Crippen molar-refractivity contribution in [2.75, 3.05) is 0 Å². The van der Waals surface area contributed by atoms with Gasteiger partial charge in [-0.3, -0.25) is 9.59 Å². The number of carbonyl (C=O) groups excluding carboxylic acids is 2. The molecular formula is C10H12O4. The van der Waals surface area contributed by atoms with E-state index in [1.54, 1.807) is 0 Å². The van der Waals surface area contributed by atoms with Crippen molar-refractivity contribution in [3.05, 3.63) is 0 Å². The number of hydrogen-bond donors (Lipinski definition) is 0. The van der Waals surface area contributed by atoms with Crippen molar-refractivity contribution in [2.45, 2.75) is 37.9 Å². The fraction of sp³-hybridized carbons (Fsp3) is 0.800. The van der Waals surface area contributed by atoms with E-state index in [1.807, 2.05) is 13.8 Å². The molecule has 0 N–H and O–H groups in total. The highest BCUT2D eigenvalue weighted by Gasteiger charge is 2.71. The monoisotopic (exact) mass is 196 g/mol. The zero-order valence-electron chi connectivity index (χ0n) is 8.20. The van der Waals surface area contributed by atoms with Crippen molar-refractivity contribution in [2.24, 2.45) is 11.8 Å². The zero-order valence-corrected chi connectivity index (χ0v) is 8.20. The number of ether oxygens (including phenoxy) is 2. The molecule has 3 saturated heterocycles. The van der Waals surface area contributed by atoms with Gasteiger partial charge in [-0.15, -0.1) is 0 Å². The molecule has 0 aromatic rings. The molecule has 4 atom stereocenters. The van der Waals surface area contributed by atoms with Crippen LogP contribution in [-0.4, -0.2) is 23.1 Å². The van der Waals surface area contributed by atoms with Crippen LogP contribution in [0.4, 0.5) is 0 Å². The molecule has 0 unspecified atom stereocenters. The maximum absolute atomic E-state index is 11.5. The smallest absolute Gasteiger partial charge is 0.320 e. The minimum atomic E-state index is -0.470. The minimum Gasteiger partial charge on any atom is -0.393 e. The van der Waals surface area contributed by atoms with Crippen LogP contribution in [0.15, 0.2) is 0 Å². The van der Waals surface area contributed by atoms with Crippen LogP contribution in [0, 0.1) is 11.8 Å². The molecule has 3 aliphatic rings. The van der Waals surface area contributed by atoms with Crippen LogP contribution in [0.5, 0.6) is 0 Å². The SMILES string of the molecule is C[C@]12CC[C@](C)(O1)[C@H]1C(=O)OC(=O)[C@@H]12. The average molecular weight is 196 g/mol. The van der Waals surface area contributed by atoms with Crippen LogP contribution in [0.2, 0.25) is 0 Å². The number of cyclic esters (lactones) is 2. The number of hydrogen-bond acceptors (Lipinski definition) is 4. The Balaban J connectivity index is 2.13. The summed E-state index contributed by atoms with van der Waals surface area (Å²) in [5.41, 5.74) is -0.939. The predicted molar refractivity (Wildman–Crippen MR) is 45.2 cm³/mol. The van der Waals surface area contributed by atoms with Crippen molar-refractivity contribution in [1.82, 2.24) is 0 Å². The molecule has 0 saturated carbocycles. The van der Waals surface area contributed by atoms with Gasteiger partial charge in [0, 0.05) is 0 Å². The van der Waals surface area contributed by atoms with Gasteiger partial charge in [0.1, 0.15) is 11.8 Å². The zero-order chi connectivity index (χ0) is 10.1. The number of carbonyl (C=O) groups is 2. The third-order valence-corrected chi connectivity index (χ3v) is 3.94. The van der Waals surface area contributed by atoms with Crippen molar-refractivity contribution in [3.8, 4) is 0 Å². The number of fused-ring (bicyclic) bond motifs is 5. The van der Waals surface area contributed by atoms with E-state index in [0.29, 0.717) is 0 Å². The second-order valence-electron chi connectivity index (χ2n) is 4.92. The maximum atomic E-state index is 11.5. The lowest BCUT2D eigenvalue weighted by Crippen LogP contribution is -2.40. The van der Waals surface area contributed by atoms with E-state index in [1.165, 1.54) is 0 Å². The van der Waals surface area contributed by atoms with Gasteiger partial charge in [-0.05, 0) is 26.7 Å². The van der Waals surface area contributed by atoms with Gasteiger partial charge in [0.25, 0.3) is 0 Å². The molecule has 3 heterocycles. The second-order valence-corrected chi connectivity index (χ2v) is 4.92. The van der Waals surface area contributed by atoms with Gasteiger partial charge in [-0.1, -0.05) is 0 Å². The molecule has 2 bridgehead atoms. The third kappa shape index (κ3) is 0.704. The van der Waals surface area contributed by atoms with E-state index in [0.717, 1.165) is 12.8 Å². The topological polar surface area (TPSA) is 52.6 Å². The van der Waals surface area contributed by atoms with E-state index in [-0.39, 0.29) is 11.8 Å². The Bertz CT molecular complexity index is 318. The molecule has 4 heteroatoms. The normalized spacial score (nSPS) is 55.0. The molecule has 0 amide bonds. The minimum absolute atomic E-state index is 0.367. The van der Waals surface area contributed by atoms with E-state index >= 15 is 0 Å². The number of rotatable bonds is 0. The molecule has 3 fully saturated rings.